The van der Waals surface area contributed by atoms with Crippen LogP contribution in [-0.2, 0) is 0 Å². The van der Waals surface area contributed by atoms with E-state index >= 15 is 0 Å². The molecule has 0 aromatic carbocycles. The first-order valence-corrected chi connectivity index (χ1v) is 5.98. The maximum atomic E-state index is 6.25. The van der Waals surface area contributed by atoms with Gasteiger partial charge in [-0.15, -0.1) is 0 Å². The molecule has 1 saturated carbocycles. The van der Waals surface area contributed by atoms with Crippen LogP contribution in [0.25, 0.3) is 0 Å². The molecular weight excluding hydrogens is 186 g/mol. The van der Waals surface area contributed by atoms with E-state index in [1.807, 2.05) is 19.1 Å². The fourth-order valence-corrected chi connectivity index (χ4v) is 2.67. The number of nitrogens with two attached hydrogens (primary N) is 1. The first-order valence-electron chi connectivity index (χ1n) is 5.98. The Kier molecular flexibility index (Phi) is 3.15. The molecule has 1 aromatic heterocycles. The Labute approximate surface area is 91.8 Å². The zero-order valence-electron chi connectivity index (χ0n) is 9.70. The van der Waals surface area contributed by atoms with Crippen molar-refractivity contribution in [2.24, 2.45) is 17.6 Å². The van der Waals surface area contributed by atoms with Crippen LogP contribution >= 0.6 is 0 Å². The normalized spacial score (nSPS) is 29.0. The zero-order chi connectivity index (χ0) is 10.8. The Bertz CT molecular complexity index is 318. The van der Waals surface area contributed by atoms with Crippen molar-refractivity contribution in [3.8, 4) is 0 Å². The van der Waals surface area contributed by atoms with Crippen molar-refractivity contribution in [3.63, 3.8) is 0 Å². The van der Waals surface area contributed by atoms with Gasteiger partial charge >= 0.3 is 0 Å². The summed E-state index contributed by atoms with van der Waals surface area (Å²) in [5, 5.41) is 0. The van der Waals surface area contributed by atoms with Gasteiger partial charge in [-0.3, -0.25) is 0 Å². The van der Waals surface area contributed by atoms with E-state index < -0.39 is 0 Å². The summed E-state index contributed by atoms with van der Waals surface area (Å²) < 4.78 is 5.61. The lowest BCUT2D eigenvalue weighted by molar-refractivity contribution is 0.230. The molecule has 15 heavy (non-hydrogen) atoms. The molecule has 2 heteroatoms. The number of furan rings is 1. The molecule has 2 N–H and O–H groups in total. The molecule has 2 nitrogen and oxygen atoms in total. The van der Waals surface area contributed by atoms with Crippen molar-refractivity contribution in [3.05, 3.63) is 23.7 Å². The molecule has 3 unspecified atom stereocenters. The van der Waals surface area contributed by atoms with Crippen molar-refractivity contribution < 1.29 is 4.42 Å². The van der Waals surface area contributed by atoms with Gasteiger partial charge in [0.25, 0.3) is 0 Å². The second kappa shape index (κ2) is 4.40. The minimum Gasteiger partial charge on any atom is -0.465 e. The molecule has 0 amide bonds. The third kappa shape index (κ3) is 2.43. The number of hydrogen-bond acceptors (Lipinski definition) is 2. The highest BCUT2D eigenvalue weighted by Crippen LogP contribution is 2.36. The van der Waals surface area contributed by atoms with Gasteiger partial charge in [-0.2, -0.15) is 0 Å². The smallest absolute Gasteiger partial charge is 0.121 e. The molecule has 2 rings (SSSR count). The first kappa shape index (κ1) is 10.7. The fraction of sp³-hybridized carbons (Fsp3) is 0.692. The Morgan fingerprint density at radius 2 is 2.20 bits per heavy atom. The second-order valence-corrected chi connectivity index (χ2v) is 5.01. The SMILES string of the molecule is Cc1ccc(C(N)C2CCCC(C)C2)o1. The van der Waals surface area contributed by atoms with Crippen molar-refractivity contribution in [1.82, 2.24) is 0 Å². The summed E-state index contributed by atoms with van der Waals surface area (Å²) in [7, 11) is 0. The van der Waals surface area contributed by atoms with E-state index in [-0.39, 0.29) is 6.04 Å². The monoisotopic (exact) mass is 207 g/mol. The van der Waals surface area contributed by atoms with E-state index in [9.17, 15) is 0 Å². The van der Waals surface area contributed by atoms with Crippen molar-refractivity contribution in [2.75, 3.05) is 0 Å². The number of hydrogen-bond donors (Lipinski definition) is 1. The Balaban J connectivity index is 2.03. The highest BCUT2D eigenvalue weighted by atomic mass is 16.3. The standard InChI is InChI=1S/C13H21NO/c1-9-4-3-5-11(8-9)13(14)12-7-6-10(2)15-12/h6-7,9,11,13H,3-5,8,14H2,1-2H3. The lowest BCUT2D eigenvalue weighted by atomic mass is 9.78. The predicted molar refractivity (Wildman–Crippen MR) is 61.5 cm³/mol. The lowest BCUT2D eigenvalue weighted by Gasteiger charge is -2.30. The fourth-order valence-electron chi connectivity index (χ4n) is 2.67. The van der Waals surface area contributed by atoms with Gasteiger partial charge in [-0.05, 0) is 43.7 Å². The van der Waals surface area contributed by atoms with Crippen LogP contribution in [0, 0.1) is 18.8 Å². The topological polar surface area (TPSA) is 39.2 Å². The summed E-state index contributed by atoms with van der Waals surface area (Å²) in [6.07, 6.45) is 5.19. The molecule has 0 radical (unpaired) electrons. The van der Waals surface area contributed by atoms with Gasteiger partial charge in [-0.1, -0.05) is 19.8 Å². The van der Waals surface area contributed by atoms with Gasteiger partial charge in [0.15, 0.2) is 0 Å². The maximum absolute atomic E-state index is 6.25. The van der Waals surface area contributed by atoms with E-state index in [1.165, 1.54) is 25.7 Å². The molecule has 84 valence electrons. The molecule has 1 aromatic rings. The predicted octanol–water partition coefficient (Wildman–Crippen LogP) is 3.41. The third-order valence-corrected chi connectivity index (χ3v) is 3.57. The van der Waals surface area contributed by atoms with E-state index in [0.717, 1.165) is 17.4 Å². The molecule has 0 saturated heterocycles. The third-order valence-electron chi connectivity index (χ3n) is 3.57. The van der Waals surface area contributed by atoms with Crippen LogP contribution in [0.2, 0.25) is 0 Å². The van der Waals surface area contributed by atoms with Gasteiger partial charge in [-0.25, -0.2) is 0 Å². The quantitative estimate of drug-likeness (QED) is 0.807. The highest BCUT2D eigenvalue weighted by Gasteiger charge is 2.26. The van der Waals surface area contributed by atoms with Crippen LogP contribution in [0.1, 0.15) is 50.2 Å². The second-order valence-electron chi connectivity index (χ2n) is 5.01. The highest BCUT2D eigenvalue weighted by molar-refractivity contribution is 5.10. The summed E-state index contributed by atoms with van der Waals surface area (Å²) in [4.78, 5) is 0. The molecule has 1 heterocycles. The van der Waals surface area contributed by atoms with Crippen LogP contribution in [-0.4, -0.2) is 0 Å². The average Bonchev–Trinajstić information content (AvgIpc) is 2.64. The van der Waals surface area contributed by atoms with E-state index in [1.54, 1.807) is 0 Å². The zero-order valence-corrected chi connectivity index (χ0v) is 9.70. The van der Waals surface area contributed by atoms with Gasteiger partial charge in [0.1, 0.15) is 11.5 Å². The van der Waals surface area contributed by atoms with Gasteiger partial charge < -0.3 is 10.2 Å². The Hall–Kier alpha value is -0.760. The molecule has 1 fully saturated rings. The Morgan fingerprint density at radius 1 is 1.40 bits per heavy atom. The Morgan fingerprint density at radius 3 is 2.80 bits per heavy atom. The van der Waals surface area contributed by atoms with E-state index in [2.05, 4.69) is 6.92 Å². The number of aryl methyl sites for hydroxylation is 1. The number of rotatable bonds is 2. The molecule has 1 aliphatic carbocycles. The van der Waals surface area contributed by atoms with Gasteiger partial charge in [0.2, 0.25) is 0 Å². The van der Waals surface area contributed by atoms with Crippen LogP contribution in [0.15, 0.2) is 16.5 Å². The van der Waals surface area contributed by atoms with Crippen LogP contribution in [0.3, 0.4) is 0 Å². The van der Waals surface area contributed by atoms with Crippen LogP contribution in [0.4, 0.5) is 0 Å². The molecule has 0 spiro atoms. The molecule has 0 bridgehead atoms. The largest absolute Gasteiger partial charge is 0.465 e. The van der Waals surface area contributed by atoms with Crippen molar-refractivity contribution in [1.29, 1.82) is 0 Å². The van der Waals surface area contributed by atoms with Gasteiger partial charge in [0.05, 0.1) is 6.04 Å². The maximum Gasteiger partial charge on any atom is 0.121 e. The molecule has 1 aliphatic rings. The minimum absolute atomic E-state index is 0.0986. The summed E-state index contributed by atoms with van der Waals surface area (Å²) in [6, 6.07) is 4.13. The van der Waals surface area contributed by atoms with E-state index in [0.29, 0.717) is 5.92 Å². The minimum atomic E-state index is 0.0986. The lowest BCUT2D eigenvalue weighted by Crippen LogP contribution is -2.25. The van der Waals surface area contributed by atoms with Gasteiger partial charge in [0, 0.05) is 0 Å². The average molecular weight is 207 g/mol. The summed E-state index contributed by atoms with van der Waals surface area (Å²) in [5.41, 5.74) is 6.25. The first-order chi connectivity index (χ1) is 7.16. The van der Waals surface area contributed by atoms with E-state index in [4.69, 9.17) is 10.2 Å². The molecule has 0 aliphatic heterocycles. The summed E-state index contributed by atoms with van der Waals surface area (Å²) >= 11 is 0. The van der Waals surface area contributed by atoms with Crippen molar-refractivity contribution in [2.45, 2.75) is 45.6 Å². The van der Waals surface area contributed by atoms with Crippen LogP contribution < -0.4 is 5.73 Å². The summed E-state index contributed by atoms with van der Waals surface area (Å²) in [6.45, 7) is 4.30. The molecule has 3 atom stereocenters. The van der Waals surface area contributed by atoms with Crippen molar-refractivity contribution >= 4 is 0 Å². The summed E-state index contributed by atoms with van der Waals surface area (Å²) in [5.74, 6) is 3.36. The molecular formula is C13H21NO. The van der Waals surface area contributed by atoms with Crippen LogP contribution in [0.5, 0.6) is 0 Å².